The van der Waals surface area contributed by atoms with Gasteiger partial charge in [0.1, 0.15) is 0 Å². The van der Waals surface area contributed by atoms with E-state index in [0.717, 1.165) is 39.2 Å². The Kier molecular flexibility index (Phi) is 8.70. The van der Waals surface area contributed by atoms with Gasteiger partial charge in [0.05, 0.1) is 11.4 Å². The molecule has 0 amide bonds. The summed E-state index contributed by atoms with van der Waals surface area (Å²) < 4.78 is 0. The third-order valence-electron chi connectivity index (χ3n) is 9.97. The lowest BCUT2D eigenvalue weighted by Gasteiger charge is -2.21. The summed E-state index contributed by atoms with van der Waals surface area (Å²) in [5.41, 5.74) is 10.1. The monoisotopic (exact) mass is 653 g/mol. The number of hydrogen-bond acceptors (Lipinski definition) is 1. The molecule has 0 bridgehead atoms. The summed E-state index contributed by atoms with van der Waals surface area (Å²) in [6.07, 6.45) is 8.86. The molecule has 8 aromatic carbocycles. The maximum Gasteiger partial charge on any atom is 0.0753 e. The molecule has 0 aliphatic carbocycles. The van der Waals surface area contributed by atoms with E-state index in [0.29, 0.717) is 6.42 Å². The molecule has 1 nitrogen and oxygen atoms in total. The first kappa shape index (κ1) is 31.9. The van der Waals surface area contributed by atoms with Crippen molar-refractivity contribution in [2.24, 2.45) is 4.99 Å². The van der Waals surface area contributed by atoms with E-state index in [2.05, 4.69) is 183 Å². The Balaban J connectivity index is 1.47. The minimum absolute atomic E-state index is 0.640. The fourth-order valence-corrected chi connectivity index (χ4v) is 7.37. The zero-order valence-corrected chi connectivity index (χ0v) is 29.1. The molecule has 0 saturated carbocycles. The predicted octanol–water partition coefficient (Wildman–Crippen LogP) is 14.1. The molecule has 0 unspecified atom stereocenters. The highest BCUT2D eigenvalue weighted by molar-refractivity contribution is 6.15. The van der Waals surface area contributed by atoms with Crippen LogP contribution in [0.5, 0.6) is 0 Å². The molecule has 0 fully saturated rings. The zero-order valence-electron chi connectivity index (χ0n) is 29.1. The summed E-state index contributed by atoms with van der Waals surface area (Å²) in [4.78, 5) is 5.79. The Bertz CT molecular complexity index is 2700. The topological polar surface area (TPSA) is 12.4 Å². The summed E-state index contributed by atoms with van der Waals surface area (Å²) >= 11 is 0. The number of aliphatic imine (C=N–C) groups is 1. The van der Waals surface area contributed by atoms with Crippen LogP contribution in [0.25, 0.3) is 65.3 Å². The molecule has 51 heavy (non-hydrogen) atoms. The van der Waals surface area contributed by atoms with Crippen molar-refractivity contribution in [1.82, 2.24) is 0 Å². The summed E-state index contributed by atoms with van der Waals surface area (Å²) in [5, 5.41) is 9.71. The van der Waals surface area contributed by atoms with Gasteiger partial charge in [0.2, 0.25) is 0 Å². The van der Waals surface area contributed by atoms with Crippen molar-refractivity contribution in [2.45, 2.75) is 20.3 Å². The minimum atomic E-state index is 0.640. The van der Waals surface area contributed by atoms with Crippen molar-refractivity contribution in [2.75, 3.05) is 0 Å². The summed E-state index contributed by atoms with van der Waals surface area (Å²) in [7, 11) is 0. The van der Waals surface area contributed by atoms with Crippen molar-refractivity contribution in [3.05, 3.63) is 199 Å². The van der Waals surface area contributed by atoms with Gasteiger partial charge in [-0.05, 0) is 109 Å². The highest BCUT2D eigenvalue weighted by Crippen LogP contribution is 2.47. The van der Waals surface area contributed by atoms with Gasteiger partial charge in [-0.2, -0.15) is 0 Å². The second-order valence-corrected chi connectivity index (χ2v) is 13.2. The average molecular weight is 654 g/mol. The van der Waals surface area contributed by atoms with Crippen LogP contribution in [-0.4, -0.2) is 5.71 Å². The molecule has 0 atom stereocenters. The molecule has 0 aliphatic rings. The average Bonchev–Trinajstić information content (AvgIpc) is 3.18. The fourth-order valence-electron chi connectivity index (χ4n) is 7.37. The second-order valence-electron chi connectivity index (χ2n) is 13.2. The molecule has 0 spiro atoms. The molecule has 0 heterocycles. The lowest BCUT2D eigenvalue weighted by Crippen LogP contribution is -2.03. The largest absolute Gasteiger partial charge is 0.252 e. The summed E-state index contributed by atoms with van der Waals surface area (Å²) in [5.74, 6) is 0. The molecule has 0 aliphatic heterocycles. The SMILES string of the molecule is C=C/C(=C\C=C/C)CC(=Nc1c(C)c(-c2ccc3ccccc3c2)c2ccccc2c1-c1ccc2ccccc2c1)c1ccc2ccccc2c1. The molecular weight excluding hydrogens is 615 g/mol. The normalized spacial score (nSPS) is 12.4. The molecule has 0 N–H and O–H groups in total. The van der Waals surface area contributed by atoms with Crippen LogP contribution in [-0.2, 0) is 0 Å². The van der Waals surface area contributed by atoms with Gasteiger partial charge in [0, 0.05) is 12.0 Å². The lowest BCUT2D eigenvalue weighted by molar-refractivity contribution is 1.30. The maximum absolute atomic E-state index is 5.79. The van der Waals surface area contributed by atoms with Crippen LogP contribution in [0.15, 0.2) is 193 Å². The molecular formula is C50H39N. The van der Waals surface area contributed by atoms with Crippen LogP contribution >= 0.6 is 0 Å². The number of hydrogen-bond donors (Lipinski definition) is 0. The first-order valence-electron chi connectivity index (χ1n) is 17.7. The van der Waals surface area contributed by atoms with Gasteiger partial charge >= 0.3 is 0 Å². The zero-order chi connectivity index (χ0) is 34.7. The molecule has 0 saturated heterocycles. The van der Waals surface area contributed by atoms with E-state index >= 15 is 0 Å². The van der Waals surface area contributed by atoms with E-state index in [1.807, 2.05) is 13.0 Å². The maximum atomic E-state index is 5.79. The van der Waals surface area contributed by atoms with E-state index in [1.165, 1.54) is 54.2 Å². The van der Waals surface area contributed by atoms with Gasteiger partial charge in [0.25, 0.3) is 0 Å². The lowest BCUT2D eigenvalue weighted by atomic mass is 9.85. The van der Waals surface area contributed by atoms with E-state index < -0.39 is 0 Å². The Morgan fingerprint density at radius 3 is 1.63 bits per heavy atom. The smallest absolute Gasteiger partial charge is 0.0753 e. The van der Waals surface area contributed by atoms with Gasteiger partial charge in [-0.25, -0.2) is 0 Å². The van der Waals surface area contributed by atoms with Crippen LogP contribution in [0.2, 0.25) is 0 Å². The first-order valence-corrected chi connectivity index (χ1v) is 17.7. The van der Waals surface area contributed by atoms with Crippen molar-refractivity contribution >= 4 is 54.5 Å². The Morgan fingerprint density at radius 1 is 0.569 bits per heavy atom. The Hall–Kier alpha value is -6.31. The van der Waals surface area contributed by atoms with Crippen LogP contribution in [0.3, 0.4) is 0 Å². The van der Waals surface area contributed by atoms with E-state index in [4.69, 9.17) is 4.99 Å². The van der Waals surface area contributed by atoms with Gasteiger partial charge in [0.15, 0.2) is 0 Å². The standard InChI is InChI=1S/C50H39N/c1-4-6-15-35(5-2)30-47(42-27-24-36-16-7-10-19-39(36)31-42)51-50-34(3)48(43-28-25-37-17-8-11-20-40(37)32-43)45-22-13-14-23-46(45)49(50)44-29-26-38-18-9-12-21-41(38)33-44/h4-29,31-33H,2,30H2,1,3H3/b6-4-,35-15+,51-47?. The predicted molar refractivity (Wildman–Crippen MR) is 222 cm³/mol. The van der Waals surface area contributed by atoms with Gasteiger partial charge in [-0.15, -0.1) is 0 Å². The van der Waals surface area contributed by atoms with Crippen LogP contribution in [0, 0.1) is 6.92 Å². The molecule has 0 radical (unpaired) electrons. The molecule has 244 valence electrons. The van der Waals surface area contributed by atoms with Gasteiger partial charge < -0.3 is 0 Å². The molecule has 1 heteroatoms. The molecule has 8 rings (SSSR count). The van der Waals surface area contributed by atoms with Gasteiger partial charge in [-0.1, -0.05) is 164 Å². The van der Waals surface area contributed by atoms with Crippen molar-refractivity contribution in [3.8, 4) is 22.3 Å². The highest BCUT2D eigenvalue weighted by atomic mass is 14.8. The quantitative estimate of drug-likeness (QED) is 0.114. The van der Waals surface area contributed by atoms with Crippen LogP contribution in [0.4, 0.5) is 5.69 Å². The number of nitrogens with zero attached hydrogens (tertiary/aromatic N) is 1. The Morgan fingerprint density at radius 2 is 1.06 bits per heavy atom. The summed E-state index contributed by atoms with van der Waals surface area (Å²) in [6.45, 7) is 8.48. The van der Waals surface area contributed by atoms with E-state index in [1.54, 1.807) is 0 Å². The number of rotatable bonds is 8. The summed E-state index contributed by atoms with van der Waals surface area (Å²) in [6, 6.07) is 54.9. The Labute approximate surface area is 300 Å². The third kappa shape index (κ3) is 6.20. The van der Waals surface area contributed by atoms with E-state index in [9.17, 15) is 0 Å². The molecule has 8 aromatic rings. The first-order chi connectivity index (χ1) is 25.1. The number of allylic oxidation sites excluding steroid dienone is 5. The third-order valence-corrected chi connectivity index (χ3v) is 9.97. The van der Waals surface area contributed by atoms with E-state index in [-0.39, 0.29) is 0 Å². The van der Waals surface area contributed by atoms with Gasteiger partial charge in [-0.3, -0.25) is 4.99 Å². The van der Waals surface area contributed by atoms with Crippen LogP contribution < -0.4 is 0 Å². The number of benzene rings is 8. The van der Waals surface area contributed by atoms with Crippen molar-refractivity contribution in [1.29, 1.82) is 0 Å². The minimum Gasteiger partial charge on any atom is -0.252 e. The van der Waals surface area contributed by atoms with Crippen molar-refractivity contribution < 1.29 is 0 Å². The fraction of sp³-hybridized carbons (Fsp3) is 0.0600. The number of fused-ring (bicyclic) bond motifs is 4. The van der Waals surface area contributed by atoms with Crippen molar-refractivity contribution in [3.63, 3.8) is 0 Å². The second kappa shape index (κ2) is 13.9. The highest BCUT2D eigenvalue weighted by Gasteiger charge is 2.21. The molecule has 0 aromatic heterocycles. The van der Waals surface area contributed by atoms with Crippen LogP contribution in [0.1, 0.15) is 24.5 Å².